The number of halogens is 1. The number of ether oxygens (including phenoxy) is 4. The number of carbonyl (C=O) groups is 1. The van der Waals surface area contributed by atoms with Gasteiger partial charge in [0.05, 0.1) is 33.0 Å². The Morgan fingerprint density at radius 1 is 1.10 bits per heavy atom. The summed E-state index contributed by atoms with van der Waals surface area (Å²) in [5.41, 5.74) is 0.111. The molecule has 1 aromatic carbocycles. The smallest absolute Gasteiger partial charge is 0.340 e. The van der Waals surface area contributed by atoms with Gasteiger partial charge in [0.2, 0.25) is 0 Å². The van der Waals surface area contributed by atoms with E-state index in [1.165, 1.54) is 0 Å². The number of hydrogen-bond donors (Lipinski definition) is 1. The van der Waals surface area contributed by atoms with E-state index >= 15 is 0 Å². The summed E-state index contributed by atoms with van der Waals surface area (Å²) in [5, 5.41) is 9.12. The van der Waals surface area contributed by atoms with Crippen molar-refractivity contribution in [1.82, 2.24) is 0 Å². The minimum Gasteiger partial charge on any atom is -0.490 e. The lowest BCUT2D eigenvalue weighted by Crippen LogP contribution is -2.13. The van der Waals surface area contributed by atoms with Crippen LogP contribution >= 0.6 is 15.9 Å². The summed E-state index contributed by atoms with van der Waals surface area (Å²) in [6, 6.07) is 4.99. The summed E-state index contributed by atoms with van der Waals surface area (Å²) in [6.07, 6.45) is 0. The van der Waals surface area contributed by atoms with Crippen LogP contribution in [0.2, 0.25) is 0 Å². The summed E-state index contributed by atoms with van der Waals surface area (Å²) in [4.78, 5) is 11.1. The quantitative estimate of drug-likeness (QED) is 0.608. The summed E-state index contributed by atoms with van der Waals surface area (Å²) in [5.74, 6) is -0.721. The molecule has 0 saturated heterocycles. The van der Waals surface area contributed by atoms with Gasteiger partial charge in [-0.3, -0.25) is 0 Å². The fourth-order valence-corrected chi connectivity index (χ4v) is 2.02. The lowest BCUT2D eigenvalue weighted by molar-refractivity contribution is 0.0178. The molecule has 1 rings (SSSR count). The molecule has 0 unspecified atom stereocenters. The highest BCUT2D eigenvalue weighted by Crippen LogP contribution is 2.26. The van der Waals surface area contributed by atoms with E-state index < -0.39 is 5.97 Å². The standard InChI is InChI=1S/C14H19BrO6/c1-18-5-6-19-7-8-20-9-10-21-12-4-2-3-11(15)13(12)14(16)17/h2-4H,5-10H2,1H3,(H,16,17). The van der Waals surface area contributed by atoms with E-state index in [0.717, 1.165) is 0 Å². The van der Waals surface area contributed by atoms with Crippen LogP contribution in [-0.4, -0.2) is 57.8 Å². The number of methoxy groups -OCH3 is 1. The van der Waals surface area contributed by atoms with Gasteiger partial charge in [0, 0.05) is 11.6 Å². The molecule has 0 aliphatic rings. The summed E-state index contributed by atoms with van der Waals surface area (Å²) in [7, 11) is 1.62. The second kappa shape index (κ2) is 10.6. The van der Waals surface area contributed by atoms with Crippen LogP contribution in [0, 0.1) is 0 Å². The molecule has 7 heteroatoms. The zero-order chi connectivity index (χ0) is 15.5. The van der Waals surface area contributed by atoms with Crippen LogP contribution in [0.1, 0.15) is 10.4 Å². The third-order valence-corrected chi connectivity index (χ3v) is 3.14. The van der Waals surface area contributed by atoms with Crippen molar-refractivity contribution in [2.45, 2.75) is 0 Å². The van der Waals surface area contributed by atoms with Crippen molar-refractivity contribution < 1.29 is 28.8 Å². The second-order valence-corrected chi connectivity index (χ2v) is 4.84. The molecule has 0 amide bonds. The van der Waals surface area contributed by atoms with Crippen LogP contribution in [0.15, 0.2) is 22.7 Å². The average Bonchev–Trinajstić information content (AvgIpc) is 2.45. The molecule has 0 aliphatic heterocycles. The zero-order valence-electron chi connectivity index (χ0n) is 11.8. The Bertz CT molecular complexity index is 437. The minimum absolute atomic E-state index is 0.111. The topological polar surface area (TPSA) is 74.2 Å². The molecule has 21 heavy (non-hydrogen) atoms. The molecular weight excluding hydrogens is 344 g/mol. The number of carboxylic acids is 1. The Kier molecular flexibility index (Phi) is 9.00. The van der Waals surface area contributed by atoms with E-state index in [0.29, 0.717) is 43.3 Å². The second-order valence-electron chi connectivity index (χ2n) is 3.98. The van der Waals surface area contributed by atoms with Crippen LogP contribution < -0.4 is 4.74 Å². The fraction of sp³-hybridized carbons (Fsp3) is 0.500. The van der Waals surface area contributed by atoms with Crippen molar-refractivity contribution in [3.8, 4) is 5.75 Å². The van der Waals surface area contributed by atoms with Gasteiger partial charge in [-0.05, 0) is 28.1 Å². The van der Waals surface area contributed by atoms with E-state index in [4.69, 9.17) is 24.1 Å². The molecule has 0 fully saturated rings. The maximum absolute atomic E-state index is 11.1. The van der Waals surface area contributed by atoms with E-state index in [-0.39, 0.29) is 12.2 Å². The first-order valence-corrected chi connectivity index (χ1v) is 7.25. The van der Waals surface area contributed by atoms with Gasteiger partial charge in [-0.25, -0.2) is 4.79 Å². The van der Waals surface area contributed by atoms with Crippen LogP contribution in [-0.2, 0) is 14.2 Å². The van der Waals surface area contributed by atoms with Crippen LogP contribution in [0.25, 0.3) is 0 Å². The average molecular weight is 363 g/mol. The summed E-state index contributed by atoms with van der Waals surface area (Å²) < 4.78 is 21.3. The Labute approximate surface area is 132 Å². The van der Waals surface area contributed by atoms with Crippen molar-refractivity contribution in [2.75, 3.05) is 46.8 Å². The third kappa shape index (κ3) is 6.90. The Morgan fingerprint density at radius 2 is 1.71 bits per heavy atom. The predicted molar refractivity (Wildman–Crippen MR) is 80.1 cm³/mol. The van der Waals surface area contributed by atoms with Gasteiger partial charge in [0.25, 0.3) is 0 Å². The predicted octanol–water partition coefficient (Wildman–Crippen LogP) is 2.21. The normalized spacial score (nSPS) is 10.6. The van der Waals surface area contributed by atoms with E-state index in [2.05, 4.69) is 15.9 Å². The van der Waals surface area contributed by atoms with E-state index in [9.17, 15) is 4.79 Å². The first kappa shape index (κ1) is 17.9. The van der Waals surface area contributed by atoms with Gasteiger partial charge in [0.15, 0.2) is 0 Å². The maximum atomic E-state index is 11.1. The molecule has 0 bridgehead atoms. The number of benzene rings is 1. The van der Waals surface area contributed by atoms with Crippen molar-refractivity contribution in [3.05, 3.63) is 28.2 Å². The van der Waals surface area contributed by atoms with Crippen molar-refractivity contribution in [2.24, 2.45) is 0 Å². The Morgan fingerprint density at radius 3 is 2.33 bits per heavy atom. The molecule has 1 aromatic rings. The fourth-order valence-electron chi connectivity index (χ4n) is 1.51. The molecular formula is C14H19BrO6. The van der Waals surface area contributed by atoms with Crippen LogP contribution in [0.3, 0.4) is 0 Å². The minimum atomic E-state index is -1.04. The van der Waals surface area contributed by atoms with Crippen LogP contribution in [0.5, 0.6) is 5.75 Å². The number of aromatic carboxylic acids is 1. The highest BCUT2D eigenvalue weighted by atomic mass is 79.9. The van der Waals surface area contributed by atoms with Gasteiger partial charge in [-0.15, -0.1) is 0 Å². The SMILES string of the molecule is COCCOCCOCCOc1cccc(Br)c1C(=O)O. The molecule has 118 valence electrons. The lowest BCUT2D eigenvalue weighted by Gasteiger charge is -2.10. The number of rotatable bonds is 11. The zero-order valence-corrected chi connectivity index (χ0v) is 13.4. The van der Waals surface area contributed by atoms with Crippen molar-refractivity contribution in [3.63, 3.8) is 0 Å². The lowest BCUT2D eigenvalue weighted by atomic mass is 10.2. The molecule has 1 N–H and O–H groups in total. The molecule has 0 saturated carbocycles. The number of carboxylic acid groups (broad SMARTS) is 1. The molecule has 0 spiro atoms. The van der Waals surface area contributed by atoms with Gasteiger partial charge in [-0.1, -0.05) is 6.07 Å². The molecule has 0 aliphatic carbocycles. The van der Waals surface area contributed by atoms with Crippen molar-refractivity contribution in [1.29, 1.82) is 0 Å². The first-order valence-electron chi connectivity index (χ1n) is 6.46. The summed E-state index contributed by atoms with van der Waals surface area (Å²) >= 11 is 3.19. The van der Waals surface area contributed by atoms with Gasteiger partial charge in [0.1, 0.15) is 17.9 Å². The van der Waals surface area contributed by atoms with E-state index in [1.54, 1.807) is 25.3 Å². The molecule has 0 atom stereocenters. The number of hydrogen-bond acceptors (Lipinski definition) is 5. The largest absolute Gasteiger partial charge is 0.490 e. The highest BCUT2D eigenvalue weighted by molar-refractivity contribution is 9.10. The third-order valence-electron chi connectivity index (χ3n) is 2.48. The molecule has 6 nitrogen and oxygen atoms in total. The van der Waals surface area contributed by atoms with Gasteiger partial charge >= 0.3 is 5.97 Å². The Balaban J connectivity index is 2.21. The first-order chi connectivity index (χ1) is 10.2. The van der Waals surface area contributed by atoms with Crippen LogP contribution in [0.4, 0.5) is 0 Å². The van der Waals surface area contributed by atoms with Crippen molar-refractivity contribution >= 4 is 21.9 Å². The summed E-state index contributed by atoms with van der Waals surface area (Å²) in [6.45, 7) is 2.67. The van der Waals surface area contributed by atoms with E-state index in [1.807, 2.05) is 0 Å². The molecule has 0 radical (unpaired) electrons. The Hall–Kier alpha value is -1.15. The monoisotopic (exact) mass is 362 g/mol. The van der Waals surface area contributed by atoms with Gasteiger partial charge in [-0.2, -0.15) is 0 Å². The molecule has 0 aromatic heterocycles. The molecule has 0 heterocycles. The highest BCUT2D eigenvalue weighted by Gasteiger charge is 2.14. The maximum Gasteiger partial charge on any atom is 0.340 e. The van der Waals surface area contributed by atoms with Gasteiger partial charge < -0.3 is 24.1 Å².